The van der Waals surface area contributed by atoms with E-state index in [2.05, 4.69) is 11.7 Å². The highest BCUT2D eigenvalue weighted by Gasteiger charge is 2.30. The van der Waals surface area contributed by atoms with Crippen LogP contribution in [0.2, 0.25) is 0 Å². The molecule has 0 aliphatic carbocycles. The zero-order chi connectivity index (χ0) is 20.3. The number of ether oxygens (including phenoxy) is 2. The largest absolute Gasteiger partial charge is 0.452 e. The second-order valence-electron chi connectivity index (χ2n) is 6.18. The van der Waals surface area contributed by atoms with Gasteiger partial charge in [-0.25, -0.2) is 9.18 Å². The van der Waals surface area contributed by atoms with E-state index < -0.39 is 36.1 Å². The molecule has 152 valence electrons. The Balaban J connectivity index is 2.41. The summed E-state index contributed by atoms with van der Waals surface area (Å²) in [5, 5.41) is 0. The molecule has 1 aromatic rings. The van der Waals surface area contributed by atoms with Gasteiger partial charge in [0.1, 0.15) is 0 Å². The van der Waals surface area contributed by atoms with Crippen molar-refractivity contribution in [1.82, 2.24) is 0 Å². The van der Waals surface area contributed by atoms with Crippen LogP contribution in [0.4, 0.5) is 17.6 Å². The van der Waals surface area contributed by atoms with Crippen LogP contribution in [0.3, 0.4) is 0 Å². The fourth-order valence-corrected chi connectivity index (χ4v) is 2.34. The van der Waals surface area contributed by atoms with Crippen molar-refractivity contribution >= 4 is 11.9 Å². The van der Waals surface area contributed by atoms with Gasteiger partial charge in [-0.15, -0.1) is 0 Å². The smallest absolute Gasteiger partial charge is 0.422 e. The minimum Gasteiger partial charge on any atom is -0.452 e. The molecule has 0 N–H and O–H groups in total. The van der Waals surface area contributed by atoms with Crippen molar-refractivity contribution < 1.29 is 36.6 Å². The Kier molecular flexibility index (Phi) is 9.82. The highest BCUT2D eigenvalue weighted by molar-refractivity contribution is 5.89. The predicted molar refractivity (Wildman–Crippen MR) is 91.0 cm³/mol. The van der Waals surface area contributed by atoms with E-state index in [9.17, 15) is 27.2 Å². The molecule has 0 saturated heterocycles. The van der Waals surface area contributed by atoms with E-state index in [0.29, 0.717) is 12.5 Å². The van der Waals surface area contributed by atoms with E-state index >= 15 is 0 Å². The number of esters is 2. The first kappa shape index (κ1) is 22.9. The van der Waals surface area contributed by atoms with Crippen LogP contribution >= 0.6 is 0 Å². The third-order valence-corrected chi connectivity index (χ3v) is 3.74. The van der Waals surface area contributed by atoms with Gasteiger partial charge in [-0.05, 0) is 24.6 Å². The van der Waals surface area contributed by atoms with E-state index in [1.165, 1.54) is 12.8 Å². The van der Waals surface area contributed by atoms with Crippen molar-refractivity contribution in [3.8, 4) is 5.75 Å². The minimum absolute atomic E-state index is 0.141. The summed E-state index contributed by atoms with van der Waals surface area (Å²) < 4.78 is 58.9. The Morgan fingerprint density at radius 2 is 1.63 bits per heavy atom. The van der Waals surface area contributed by atoms with Crippen molar-refractivity contribution in [2.75, 3.05) is 6.61 Å². The second kappa shape index (κ2) is 11.6. The molecule has 0 amide bonds. The predicted octanol–water partition coefficient (Wildman–Crippen LogP) is 5.59. The number of alkyl halides is 3. The molecular formula is C19H24F4O4. The highest BCUT2D eigenvalue weighted by Crippen LogP contribution is 2.21. The van der Waals surface area contributed by atoms with Gasteiger partial charge in [0, 0.05) is 6.42 Å². The van der Waals surface area contributed by atoms with Crippen molar-refractivity contribution in [1.29, 1.82) is 0 Å². The molecule has 0 spiro atoms. The SMILES string of the molecule is CCCCCCCCCC(=O)Oc1ccc(C(=O)OCC(F)(F)F)cc1F. The van der Waals surface area contributed by atoms with Gasteiger partial charge in [0.25, 0.3) is 0 Å². The summed E-state index contributed by atoms with van der Waals surface area (Å²) in [5.74, 6) is -3.32. The molecule has 0 saturated carbocycles. The molecule has 8 heteroatoms. The molecular weight excluding hydrogens is 368 g/mol. The van der Waals surface area contributed by atoms with Gasteiger partial charge in [-0.2, -0.15) is 13.2 Å². The van der Waals surface area contributed by atoms with Crippen molar-refractivity contribution in [2.24, 2.45) is 0 Å². The maximum Gasteiger partial charge on any atom is 0.422 e. The Labute approximate surface area is 155 Å². The van der Waals surface area contributed by atoms with E-state index in [4.69, 9.17) is 4.74 Å². The van der Waals surface area contributed by atoms with Crippen LogP contribution < -0.4 is 4.74 Å². The maximum atomic E-state index is 13.9. The van der Waals surface area contributed by atoms with Crippen LogP contribution in [0.5, 0.6) is 5.75 Å². The second-order valence-corrected chi connectivity index (χ2v) is 6.18. The molecule has 0 bridgehead atoms. The number of rotatable bonds is 11. The summed E-state index contributed by atoms with van der Waals surface area (Å²) >= 11 is 0. The number of benzene rings is 1. The number of hydrogen-bond acceptors (Lipinski definition) is 4. The lowest BCUT2D eigenvalue weighted by Gasteiger charge is -2.09. The Bertz CT molecular complexity index is 614. The van der Waals surface area contributed by atoms with Crippen molar-refractivity contribution in [2.45, 2.75) is 64.5 Å². The molecule has 0 aromatic heterocycles. The molecule has 0 atom stereocenters. The Morgan fingerprint density at radius 3 is 2.22 bits per heavy atom. The summed E-state index contributed by atoms with van der Waals surface area (Å²) in [6.45, 7) is 0.371. The molecule has 0 fully saturated rings. The molecule has 0 aliphatic rings. The highest BCUT2D eigenvalue weighted by atomic mass is 19.4. The molecule has 0 radical (unpaired) electrons. The lowest BCUT2D eigenvalue weighted by atomic mass is 10.1. The van der Waals surface area contributed by atoms with E-state index in [-0.39, 0.29) is 12.2 Å². The molecule has 0 unspecified atom stereocenters. The van der Waals surface area contributed by atoms with Gasteiger partial charge in [-0.1, -0.05) is 45.4 Å². The molecule has 4 nitrogen and oxygen atoms in total. The standard InChI is InChI=1S/C19H24F4O4/c1-2-3-4-5-6-7-8-9-17(24)27-16-11-10-14(12-15(16)20)18(25)26-13-19(21,22)23/h10-12H,2-9,13H2,1H3. The molecule has 0 heterocycles. The topological polar surface area (TPSA) is 52.6 Å². The van der Waals surface area contributed by atoms with Gasteiger partial charge in [0.15, 0.2) is 18.2 Å². The summed E-state index contributed by atoms with van der Waals surface area (Å²) in [6.07, 6.45) is 2.66. The lowest BCUT2D eigenvalue weighted by Crippen LogP contribution is -2.20. The van der Waals surface area contributed by atoms with Gasteiger partial charge >= 0.3 is 18.1 Å². The fourth-order valence-electron chi connectivity index (χ4n) is 2.34. The number of carbonyl (C=O) groups is 2. The Morgan fingerprint density at radius 1 is 1.00 bits per heavy atom. The van der Waals surface area contributed by atoms with E-state index in [1.807, 2.05) is 0 Å². The normalized spacial score (nSPS) is 11.3. The maximum absolute atomic E-state index is 13.9. The van der Waals surface area contributed by atoms with Crippen molar-refractivity contribution in [3.63, 3.8) is 0 Å². The monoisotopic (exact) mass is 392 g/mol. The van der Waals surface area contributed by atoms with Crippen LogP contribution in [-0.4, -0.2) is 24.7 Å². The first-order valence-corrected chi connectivity index (χ1v) is 8.97. The molecule has 1 rings (SSSR count). The Hall–Kier alpha value is -2.12. The summed E-state index contributed by atoms with van der Waals surface area (Å²) in [5.41, 5.74) is -0.399. The number of carbonyl (C=O) groups excluding carboxylic acids is 2. The molecule has 27 heavy (non-hydrogen) atoms. The van der Waals surface area contributed by atoms with Gasteiger partial charge in [0.2, 0.25) is 0 Å². The minimum atomic E-state index is -4.67. The van der Waals surface area contributed by atoms with E-state index in [1.54, 1.807) is 0 Å². The zero-order valence-electron chi connectivity index (χ0n) is 15.2. The van der Waals surface area contributed by atoms with Crippen molar-refractivity contribution in [3.05, 3.63) is 29.6 Å². The lowest BCUT2D eigenvalue weighted by molar-refractivity contribution is -0.161. The average Bonchev–Trinajstić information content (AvgIpc) is 2.60. The van der Waals surface area contributed by atoms with Crippen LogP contribution in [0.25, 0.3) is 0 Å². The van der Waals surface area contributed by atoms with Crippen LogP contribution in [0.1, 0.15) is 68.6 Å². The van der Waals surface area contributed by atoms with Crippen LogP contribution in [0.15, 0.2) is 18.2 Å². The average molecular weight is 392 g/mol. The van der Waals surface area contributed by atoms with E-state index in [0.717, 1.165) is 37.8 Å². The third kappa shape index (κ3) is 9.96. The number of unbranched alkanes of at least 4 members (excludes halogenated alkanes) is 6. The number of halogens is 4. The first-order chi connectivity index (χ1) is 12.7. The molecule has 0 aliphatic heterocycles. The number of hydrogen-bond donors (Lipinski definition) is 0. The molecule has 1 aromatic carbocycles. The fraction of sp³-hybridized carbons (Fsp3) is 0.579. The summed E-state index contributed by atoms with van der Waals surface area (Å²) in [4.78, 5) is 23.2. The third-order valence-electron chi connectivity index (χ3n) is 3.74. The quantitative estimate of drug-likeness (QED) is 0.213. The first-order valence-electron chi connectivity index (χ1n) is 8.97. The summed E-state index contributed by atoms with van der Waals surface area (Å²) in [7, 11) is 0. The van der Waals surface area contributed by atoms with Crippen LogP contribution in [0, 0.1) is 5.82 Å². The summed E-state index contributed by atoms with van der Waals surface area (Å²) in [6, 6.07) is 2.73. The zero-order valence-corrected chi connectivity index (χ0v) is 15.2. The van der Waals surface area contributed by atoms with Crippen LogP contribution in [-0.2, 0) is 9.53 Å². The van der Waals surface area contributed by atoms with Gasteiger partial charge in [0.05, 0.1) is 5.56 Å². The van der Waals surface area contributed by atoms with Gasteiger partial charge in [-0.3, -0.25) is 4.79 Å². The van der Waals surface area contributed by atoms with Gasteiger partial charge < -0.3 is 9.47 Å².